The third-order valence-electron chi connectivity index (χ3n) is 2.70. The maximum Gasteiger partial charge on any atom is 0.309 e. The Balaban J connectivity index is 4.12. The predicted molar refractivity (Wildman–Crippen MR) is 70.1 cm³/mol. The molecule has 0 aromatic carbocycles. The number of hydrogen-bond donors (Lipinski definition) is 0. The van der Waals surface area contributed by atoms with Crippen molar-refractivity contribution in [1.82, 2.24) is 0 Å². The van der Waals surface area contributed by atoms with E-state index < -0.39 is 0 Å². The van der Waals surface area contributed by atoms with E-state index in [9.17, 15) is 9.59 Å². The molecule has 0 spiro atoms. The van der Waals surface area contributed by atoms with Gasteiger partial charge in [0.1, 0.15) is 0 Å². The molecule has 0 aliphatic rings. The van der Waals surface area contributed by atoms with Gasteiger partial charge in [0.15, 0.2) is 0 Å². The highest BCUT2D eigenvalue weighted by molar-refractivity contribution is 5.79. The van der Waals surface area contributed by atoms with Crippen LogP contribution < -0.4 is 0 Å². The Labute approximate surface area is 110 Å². The lowest BCUT2D eigenvalue weighted by Crippen LogP contribution is -2.22. The molecule has 0 fully saturated rings. The van der Waals surface area contributed by atoms with Gasteiger partial charge in [-0.15, -0.1) is 0 Å². The lowest BCUT2D eigenvalue weighted by Gasteiger charge is -2.14. The van der Waals surface area contributed by atoms with Crippen molar-refractivity contribution in [2.75, 3.05) is 13.2 Å². The number of hydrogen-bond acceptors (Lipinski definition) is 4. The molecule has 1 atom stereocenters. The molecule has 106 valence electrons. The fraction of sp³-hybridized carbons (Fsp3) is 0.857. The summed E-state index contributed by atoms with van der Waals surface area (Å²) < 4.78 is 10.1. The van der Waals surface area contributed by atoms with Gasteiger partial charge in [0.25, 0.3) is 0 Å². The minimum atomic E-state index is -0.348. The molecule has 0 amide bonds. The van der Waals surface area contributed by atoms with Crippen molar-refractivity contribution < 1.29 is 19.1 Å². The van der Waals surface area contributed by atoms with Crippen LogP contribution in [0.3, 0.4) is 0 Å². The van der Waals surface area contributed by atoms with Gasteiger partial charge in [-0.2, -0.15) is 0 Å². The number of unbranched alkanes of at least 4 members (excludes halogenated alkanes) is 2. The van der Waals surface area contributed by atoms with E-state index in [1.54, 1.807) is 6.92 Å². The maximum absolute atomic E-state index is 11.7. The van der Waals surface area contributed by atoms with E-state index in [0.29, 0.717) is 19.6 Å². The van der Waals surface area contributed by atoms with E-state index in [4.69, 9.17) is 9.47 Å². The Hall–Kier alpha value is -1.06. The zero-order valence-corrected chi connectivity index (χ0v) is 11.9. The highest BCUT2D eigenvalue weighted by Gasteiger charge is 2.23. The van der Waals surface area contributed by atoms with Gasteiger partial charge in [0, 0.05) is 0 Å². The summed E-state index contributed by atoms with van der Waals surface area (Å²) >= 11 is 0. The average molecular weight is 258 g/mol. The van der Waals surface area contributed by atoms with Crippen molar-refractivity contribution in [3.63, 3.8) is 0 Å². The third-order valence-corrected chi connectivity index (χ3v) is 2.70. The molecule has 0 saturated carbocycles. The quantitative estimate of drug-likeness (QED) is 0.446. The lowest BCUT2D eigenvalue weighted by atomic mass is 9.99. The van der Waals surface area contributed by atoms with Gasteiger partial charge in [-0.25, -0.2) is 0 Å². The standard InChI is InChI=1S/C14H26O4/c1-4-7-9-12(14(16)17-6-3)11-13(15)18-10-8-5-2/h12H,4-11H2,1-3H3. The van der Waals surface area contributed by atoms with Crippen LogP contribution in [-0.4, -0.2) is 25.2 Å². The van der Waals surface area contributed by atoms with Crippen LogP contribution >= 0.6 is 0 Å². The lowest BCUT2D eigenvalue weighted by molar-refractivity contribution is -0.155. The third kappa shape index (κ3) is 8.09. The van der Waals surface area contributed by atoms with Crippen molar-refractivity contribution in [3.05, 3.63) is 0 Å². The Morgan fingerprint density at radius 2 is 1.67 bits per heavy atom. The SMILES string of the molecule is CCCCOC(=O)CC(CCCC)C(=O)OCC. The summed E-state index contributed by atoms with van der Waals surface area (Å²) in [5.74, 6) is -0.921. The summed E-state index contributed by atoms with van der Waals surface area (Å²) in [5.41, 5.74) is 0. The summed E-state index contributed by atoms with van der Waals surface area (Å²) in [4.78, 5) is 23.3. The Morgan fingerprint density at radius 1 is 1.00 bits per heavy atom. The van der Waals surface area contributed by atoms with Gasteiger partial charge in [0.2, 0.25) is 0 Å². The molecule has 0 heterocycles. The van der Waals surface area contributed by atoms with Crippen LogP contribution in [0.1, 0.15) is 59.3 Å². The molecule has 0 aliphatic carbocycles. The first kappa shape index (κ1) is 16.9. The Morgan fingerprint density at radius 3 is 2.22 bits per heavy atom. The van der Waals surface area contributed by atoms with Crippen LogP contribution in [0.4, 0.5) is 0 Å². The first-order chi connectivity index (χ1) is 8.65. The molecule has 0 bridgehead atoms. The van der Waals surface area contributed by atoms with Gasteiger partial charge in [-0.05, 0) is 19.8 Å². The summed E-state index contributed by atoms with van der Waals surface area (Å²) in [7, 11) is 0. The maximum atomic E-state index is 11.7. The molecule has 0 aromatic rings. The highest BCUT2D eigenvalue weighted by atomic mass is 16.5. The number of rotatable bonds is 10. The van der Waals surface area contributed by atoms with E-state index in [1.165, 1.54) is 0 Å². The van der Waals surface area contributed by atoms with Crippen molar-refractivity contribution in [3.8, 4) is 0 Å². The molecule has 0 saturated heterocycles. The zero-order chi connectivity index (χ0) is 13.8. The van der Waals surface area contributed by atoms with Crippen LogP contribution in [-0.2, 0) is 19.1 Å². The molecule has 0 aromatic heterocycles. The second-order valence-electron chi connectivity index (χ2n) is 4.37. The van der Waals surface area contributed by atoms with Gasteiger partial charge < -0.3 is 9.47 Å². The summed E-state index contributed by atoms with van der Waals surface area (Å²) in [6.45, 7) is 6.66. The van der Waals surface area contributed by atoms with Gasteiger partial charge >= 0.3 is 11.9 Å². The van der Waals surface area contributed by atoms with Crippen LogP contribution in [0.5, 0.6) is 0 Å². The normalized spacial score (nSPS) is 11.9. The van der Waals surface area contributed by atoms with E-state index in [2.05, 4.69) is 6.92 Å². The van der Waals surface area contributed by atoms with Gasteiger partial charge in [-0.3, -0.25) is 9.59 Å². The van der Waals surface area contributed by atoms with E-state index in [-0.39, 0.29) is 24.3 Å². The molecule has 0 N–H and O–H groups in total. The monoisotopic (exact) mass is 258 g/mol. The minimum Gasteiger partial charge on any atom is -0.466 e. The van der Waals surface area contributed by atoms with Crippen LogP contribution in [0.25, 0.3) is 0 Å². The van der Waals surface area contributed by atoms with Gasteiger partial charge in [0.05, 0.1) is 25.6 Å². The minimum absolute atomic E-state index is 0.141. The molecular formula is C14H26O4. The molecule has 18 heavy (non-hydrogen) atoms. The van der Waals surface area contributed by atoms with Gasteiger partial charge in [-0.1, -0.05) is 33.1 Å². The molecule has 1 unspecified atom stereocenters. The zero-order valence-electron chi connectivity index (χ0n) is 11.9. The van der Waals surface area contributed by atoms with Crippen molar-refractivity contribution in [2.24, 2.45) is 5.92 Å². The first-order valence-corrected chi connectivity index (χ1v) is 6.97. The van der Waals surface area contributed by atoms with E-state index in [1.807, 2.05) is 6.92 Å². The summed E-state index contributed by atoms with van der Waals surface area (Å²) in [6.07, 6.45) is 4.61. The fourth-order valence-corrected chi connectivity index (χ4v) is 1.60. The molecule has 0 radical (unpaired) electrons. The predicted octanol–water partition coefficient (Wildman–Crippen LogP) is 3.09. The smallest absolute Gasteiger partial charge is 0.309 e. The van der Waals surface area contributed by atoms with Crippen LogP contribution in [0, 0.1) is 5.92 Å². The number of esters is 2. The Bertz CT molecular complexity index is 238. The fourth-order valence-electron chi connectivity index (χ4n) is 1.60. The van der Waals surface area contributed by atoms with Crippen molar-refractivity contribution in [2.45, 2.75) is 59.3 Å². The summed E-state index contributed by atoms with van der Waals surface area (Å²) in [5, 5.41) is 0. The van der Waals surface area contributed by atoms with Crippen LogP contribution in [0.2, 0.25) is 0 Å². The molecular weight excluding hydrogens is 232 g/mol. The van der Waals surface area contributed by atoms with E-state index >= 15 is 0 Å². The van der Waals surface area contributed by atoms with Crippen molar-refractivity contribution >= 4 is 11.9 Å². The largest absolute Gasteiger partial charge is 0.466 e. The second-order valence-corrected chi connectivity index (χ2v) is 4.37. The number of carbonyl (C=O) groups excluding carboxylic acids is 2. The first-order valence-electron chi connectivity index (χ1n) is 6.97. The molecule has 4 nitrogen and oxygen atoms in total. The second kappa shape index (κ2) is 11.1. The molecule has 0 aliphatic heterocycles. The summed E-state index contributed by atoms with van der Waals surface area (Å²) in [6, 6.07) is 0. The van der Waals surface area contributed by atoms with Crippen LogP contribution in [0.15, 0.2) is 0 Å². The average Bonchev–Trinajstić information content (AvgIpc) is 2.35. The Kier molecular flexibility index (Phi) is 10.4. The highest BCUT2D eigenvalue weighted by Crippen LogP contribution is 2.16. The number of carbonyl (C=O) groups is 2. The molecule has 0 rings (SSSR count). The topological polar surface area (TPSA) is 52.6 Å². The van der Waals surface area contributed by atoms with E-state index in [0.717, 1.165) is 25.7 Å². The molecule has 4 heteroatoms. The number of ether oxygens (including phenoxy) is 2. The van der Waals surface area contributed by atoms with Crippen molar-refractivity contribution in [1.29, 1.82) is 0 Å².